The molecule has 1 rings (SSSR count). The van der Waals surface area contributed by atoms with Crippen LogP contribution in [0.25, 0.3) is 0 Å². The second kappa shape index (κ2) is 4.21. The zero-order chi connectivity index (χ0) is 10.7. The number of aromatic carboxylic acids is 1. The van der Waals surface area contributed by atoms with Crippen LogP contribution >= 0.6 is 0 Å². The third-order valence-corrected chi connectivity index (χ3v) is 2.04. The van der Waals surface area contributed by atoms with Crippen LogP contribution in [-0.4, -0.2) is 22.3 Å². The van der Waals surface area contributed by atoms with E-state index in [9.17, 15) is 9.90 Å². The highest BCUT2D eigenvalue weighted by molar-refractivity contribution is 5.87. The summed E-state index contributed by atoms with van der Waals surface area (Å²) in [6.45, 7) is 1.57. The predicted octanol–water partition coefficient (Wildman–Crippen LogP) is 0.765. The van der Waals surface area contributed by atoms with Crippen LogP contribution in [0, 0.1) is 0 Å². The third kappa shape index (κ3) is 2.31. The number of aliphatic hydroxyl groups excluding tert-OH is 1. The molecule has 1 aromatic carbocycles. The van der Waals surface area contributed by atoms with Crippen molar-refractivity contribution in [3.63, 3.8) is 0 Å². The molecule has 4 nitrogen and oxygen atoms in total. The van der Waals surface area contributed by atoms with Gasteiger partial charge in [-0.25, -0.2) is 4.79 Å². The molecule has 0 bridgehead atoms. The Morgan fingerprint density at radius 1 is 1.50 bits per heavy atom. The minimum atomic E-state index is -0.996. The highest BCUT2D eigenvalue weighted by Crippen LogP contribution is 2.15. The smallest absolute Gasteiger partial charge is 0.335 e. The number of carboxylic acids is 1. The van der Waals surface area contributed by atoms with Crippen molar-refractivity contribution in [1.29, 1.82) is 0 Å². The van der Waals surface area contributed by atoms with Crippen LogP contribution in [0.15, 0.2) is 24.3 Å². The molecule has 2 atom stereocenters. The minimum absolute atomic E-state index is 0.179. The topological polar surface area (TPSA) is 83.5 Å². The Kier molecular flexibility index (Phi) is 3.22. The molecular weight excluding hydrogens is 182 g/mol. The first-order valence-electron chi connectivity index (χ1n) is 4.29. The van der Waals surface area contributed by atoms with E-state index >= 15 is 0 Å². The largest absolute Gasteiger partial charge is 0.478 e. The molecule has 4 N–H and O–H groups in total. The van der Waals surface area contributed by atoms with Gasteiger partial charge in [-0.1, -0.05) is 12.1 Å². The molecule has 0 fully saturated rings. The van der Waals surface area contributed by atoms with E-state index in [2.05, 4.69) is 0 Å². The van der Waals surface area contributed by atoms with E-state index in [0.29, 0.717) is 5.56 Å². The van der Waals surface area contributed by atoms with Crippen molar-refractivity contribution in [2.45, 2.75) is 19.1 Å². The number of hydrogen-bond acceptors (Lipinski definition) is 3. The van der Waals surface area contributed by atoms with Gasteiger partial charge in [0.25, 0.3) is 0 Å². The fourth-order valence-electron chi connectivity index (χ4n) is 1.16. The molecule has 76 valence electrons. The van der Waals surface area contributed by atoms with Crippen molar-refractivity contribution < 1.29 is 15.0 Å². The Morgan fingerprint density at radius 2 is 2.14 bits per heavy atom. The Labute approximate surface area is 82.0 Å². The Bertz CT molecular complexity index is 336. The molecule has 0 spiro atoms. The van der Waals surface area contributed by atoms with Gasteiger partial charge < -0.3 is 15.9 Å². The Balaban J connectivity index is 2.99. The standard InChI is InChI=1S/C10H13NO3/c1-6(12)9(11)7-3-2-4-8(5-7)10(13)14/h2-6,9,12H,11H2,1H3,(H,13,14)/t6-,9-/m1/s1. The summed E-state index contributed by atoms with van der Waals surface area (Å²) >= 11 is 0. The molecule has 0 aliphatic rings. The van der Waals surface area contributed by atoms with E-state index in [1.807, 2.05) is 0 Å². The lowest BCUT2D eigenvalue weighted by atomic mass is 10.0. The maximum absolute atomic E-state index is 10.6. The summed E-state index contributed by atoms with van der Waals surface area (Å²) in [5.74, 6) is -0.996. The summed E-state index contributed by atoms with van der Waals surface area (Å²) in [7, 11) is 0. The first-order valence-corrected chi connectivity index (χ1v) is 4.29. The van der Waals surface area contributed by atoms with Gasteiger partial charge in [0, 0.05) is 0 Å². The second-order valence-corrected chi connectivity index (χ2v) is 3.20. The summed E-state index contributed by atoms with van der Waals surface area (Å²) in [5, 5.41) is 18.0. The fourth-order valence-corrected chi connectivity index (χ4v) is 1.16. The van der Waals surface area contributed by atoms with Crippen LogP contribution in [0.2, 0.25) is 0 Å². The van der Waals surface area contributed by atoms with Gasteiger partial charge in [-0.3, -0.25) is 0 Å². The quantitative estimate of drug-likeness (QED) is 0.665. The van der Waals surface area contributed by atoms with E-state index in [4.69, 9.17) is 10.8 Å². The average molecular weight is 195 g/mol. The van der Waals surface area contributed by atoms with Crippen LogP contribution in [0.4, 0.5) is 0 Å². The highest BCUT2D eigenvalue weighted by Gasteiger charge is 2.13. The maximum Gasteiger partial charge on any atom is 0.335 e. The molecule has 0 aliphatic carbocycles. The van der Waals surface area contributed by atoms with Crippen molar-refractivity contribution in [2.75, 3.05) is 0 Å². The molecule has 14 heavy (non-hydrogen) atoms. The zero-order valence-corrected chi connectivity index (χ0v) is 7.84. The maximum atomic E-state index is 10.6. The van der Waals surface area contributed by atoms with Gasteiger partial charge in [-0.15, -0.1) is 0 Å². The van der Waals surface area contributed by atoms with Crippen LogP contribution in [0.3, 0.4) is 0 Å². The summed E-state index contributed by atoms with van der Waals surface area (Å²) < 4.78 is 0. The number of rotatable bonds is 3. The summed E-state index contributed by atoms with van der Waals surface area (Å²) in [6, 6.07) is 5.72. The van der Waals surface area contributed by atoms with Crippen molar-refractivity contribution in [3.8, 4) is 0 Å². The van der Waals surface area contributed by atoms with Gasteiger partial charge in [0.2, 0.25) is 0 Å². The first-order chi connectivity index (χ1) is 6.52. The average Bonchev–Trinajstić information content (AvgIpc) is 2.16. The van der Waals surface area contributed by atoms with Crippen LogP contribution in [-0.2, 0) is 0 Å². The molecule has 0 saturated heterocycles. The summed E-state index contributed by atoms with van der Waals surface area (Å²) in [4.78, 5) is 10.6. The second-order valence-electron chi connectivity index (χ2n) is 3.20. The van der Waals surface area contributed by atoms with Gasteiger partial charge in [0.05, 0.1) is 17.7 Å². The zero-order valence-electron chi connectivity index (χ0n) is 7.84. The normalized spacial score (nSPS) is 14.8. The van der Waals surface area contributed by atoms with Gasteiger partial charge >= 0.3 is 5.97 Å². The molecule has 0 amide bonds. The number of carbonyl (C=O) groups is 1. The molecule has 0 radical (unpaired) electrons. The SMILES string of the molecule is C[C@@H](O)[C@@H](N)c1cccc(C(=O)O)c1. The van der Waals surface area contributed by atoms with Crippen LogP contribution < -0.4 is 5.73 Å². The lowest BCUT2D eigenvalue weighted by Gasteiger charge is -2.15. The highest BCUT2D eigenvalue weighted by atomic mass is 16.4. The fraction of sp³-hybridized carbons (Fsp3) is 0.300. The number of nitrogens with two attached hydrogens (primary N) is 1. The number of hydrogen-bond donors (Lipinski definition) is 3. The minimum Gasteiger partial charge on any atom is -0.478 e. The molecule has 0 heterocycles. The van der Waals surface area contributed by atoms with E-state index < -0.39 is 18.1 Å². The lowest BCUT2D eigenvalue weighted by Crippen LogP contribution is -2.23. The monoisotopic (exact) mass is 195 g/mol. The van der Waals surface area contributed by atoms with Gasteiger partial charge in [0.1, 0.15) is 0 Å². The molecule has 0 aromatic heterocycles. The summed E-state index contributed by atoms with van der Waals surface area (Å²) in [5.41, 5.74) is 6.47. The molecular formula is C10H13NO3. The van der Waals surface area contributed by atoms with Crippen molar-refractivity contribution >= 4 is 5.97 Å². The van der Waals surface area contributed by atoms with E-state index in [1.54, 1.807) is 19.1 Å². The molecule has 0 aliphatic heterocycles. The molecule has 1 aromatic rings. The van der Waals surface area contributed by atoms with Crippen molar-refractivity contribution in [2.24, 2.45) is 5.73 Å². The summed E-state index contributed by atoms with van der Waals surface area (Å²) in [6.07, 6.45) is -0.695. The third-order valence-electron chi connectivity index (χ3n) is 2.04. The Hall–Kier alpha value is -1.39. The van der Waals surface area contributed by atoms with Crippen LogP contribution in [0.1, 0.15) is 28.9 Å². The van der Waals surface area contributed by atoms with Gasteiger partial charge in [0.15, 0.2) is 0 Å². The van der Waals surface area contributed by atoms with Gasteiger partial charge in [-0.05, 0) is 24.6 Å². The van der Waals surface area contributed by atoms with Crippen molar-refractivity contribution in [3.05, 3.63) is 35.4 Å². The van der Waals surface area contributed by atoms with E-state index in [0.717, 1.165) is 0 Å². The van der Waals surface area contributed by atoms with E-state index in [-0.39, 0.29) is 5.56 Å². The van der Waals surface area contributed by atoms with Gasteiger partial charge in [-0.2, -0.15) is 0 Å². The van der Waals surface area contributed by atoms with Crippen LogP contribution in [0.5, 0.6) is 0 Å². The molecule has 4 heteroatoms. The van der Waals surface area contributed by atoms with Crippen molar-refractivity contribution in [1.82, 2.24) is 0 Å². The number of aliphatic hydroxyl groups is 1. The number of benzene rings is 1. The number of carboxylic acid groups (broad SMARTS) is 1. The lowest BCUT2D eigenvalue weighted by molar-refractivity contribution is 0.0696. The first kappa shape index (κ1) is 10.7. The predicted molar refractivity (Wildman–Crippen MR) is 52.0 cm³/mol. The Morgan fingerprint density at radius 3 is 2.64 bits per heavy atom. The molecule has 0 unspecified atom stereocenters. The van der Waals surface area contributed by atoms with E-state index in [1.165, 1.54) is 12.1 Å². The molecule has 0 saturated carbocycles.